The molecule has 0 bridgehead atoms. The van der Waals surface area contributed by atoms with Crippen LogP contribution in [0.1, 0.15) is 29.1 Å². The summed E-state index contributed by atoms with van der Waals surface area (Å²) in [5.41, 5.74) is 6.61. The number of hydrogen-bond donors (Lipinski definition) is 1. The molecule has 0 saturated heterocycles. The van der Waals surface area contributed by atoms with E-state index in [1.807, 2.05) is 33.8 Å². The zero-order chi connectivity index (χ0) is 9.28. The molecule has 2 nitrogen and oxygen atoms in total. The maximum absolute atomic E-state index is 5.32. The number of nitrogens with zero attached hydrogens (tertiary/aromatic N) is 1. The maximum atomic E-state index is 5.32. The molecule has 0 rings (SSSR count). The first kappa shape index (κ1) is 12.6. The van der Waals surface area contributed by atoms with Crippen LogP contribution in [0.15, 0.2) is 29.5 Å². The monoisotopic (exact) mass is 156 g/mol. The van der Waals surface area contributed by atoms with Gasteiger partial charge in [0.25, 0.3) is 0 Å². The van der Waals surface area contributed by atoms with Gasteiger partial charge >= 0.3 is 0 Å². The second-order valence-corrected chi connectivity index (χ2v) is 1.72. The van der Waals surface area contributed by atoms with Crippen molar-refractivity contribution in [3.05, 3.63) is 24.6 Å². The van der Waals surface area contributed by atoms with Gasteiger partial charge in [0.2, 0.25) is 0 Å². The molecule has 0 aliphatic heterocycles. The predicted molar refractivity (Wildman–Crippen MR) is 54.7 cm³/mol. The van der Waals surface area contributed by atoms with E-state index in [0.29, 0.717) is 5.70 Å². The molecule has 0 aromatic carbocycles. The number of nitrogens with two attached hydrogens (primary N) is 1. The van der Waals surface area contributed by atoms with Crippen molar-refractivity contribution in [2.45, 2.75) is 27.7 Å². The van der Waals surface area contributed by atoms with Crippen LogP contribution in [-0.4, -0.2) is 5.71 Å². The third-order valence-electron chi connectivity index (χ3n) is 0.882. The second-order valence-electron chi connectivity index (χ2n) is 1.72. The summed E-state index contributed by atoms with van der Waals surface area (Å²) >= 11 is 0. The standard InChI is InChI=1S/C7H12N2.C2H6.H2/c1-4-5-9-7(3)6(2)8;1-2;/h4-5H,2,8H2,1,3H3;1-2H3;1H/b5-4-,9-7?;;. The Morgan fingerprint density at radius 2 is 2.00 bits per heavy atom. The summed E-state index contributed by atoms with van der Waals surface area (Å²) in [6.07, 6.45) is 3.53. The largest absolute Gasteiger partial charge is 0.398 e. The van der Waals surface area contributed by atoms with Crippen molar-refractivity contribution in [2.24, 2.45) is 10.7 Å². The summed E-state index contributed by atoms with van der Waals surface area (Å²) in [6, 6.07) is 0. The molecule has 0 radical (unpaired) electrons. The Bertz CT molecular complexity index is 160. The summed E-state index contributed by atoms with van der Waals surface area (Å²) in [6.45, 7) is 11.2. The fourth-order valence-corrected chi connectivity index (χ4v) is 0.269. The molecule has 0 heterocycles. The lowest BCUT2D eigenvalue weighted by molar-refractivity contribution is 1.42. The molecule has 0 unspecified atom stereocenters. The van der Waals surface area contributed by atoms with Gasteiger partial charge in [0, 0.05) is 13.3 Å². The van der Waals surface area contributed by atoms with Crippen molar-refractivity contribution in [3.8, 4) is 0 Å². The second kappa shape index (κ2) is 8.95. The van der Waals surface area contributed by atoms with Gasteiger partial charge in [-0.05, 0) is 13.8 Å². The van der Waals surface area contributed by atoms with E-state index in [9.17, 15) is 0 Å². The van der Waals surface area contributed by atoms with Crippen molar-refractivity contribution in [1.29, 1.82) is 0 Å². The minimum Gasteiger partial charge on any atom is -0.398 e. The Hall–Kier alpha value is -1.05. The molecule has 0 spiro atoms. The third kappa shape index (κ3) is 8.95. The summed E-state index contributed by atoms with van der Waals surface area (Å²) in [4.78, 5) is 3.95. The van der Waals surface area contributed by atoms with E-state index in [0.717, 1.165) is 5.71 Å². The highest BCUT2D eigenvalue weighted by atomic mass is 14.7. The summed E-state index contributed by atoms with van der Waals surface area (Å²) in [7, 11) is 0. The number of hydrogen-bond acceptors (Lipinski definition) is 2. The molecule has 0 amide bonds. The SMILES string of the molecule is C=C(N)C(C)=N/C=C\C.CC.[HH]. The van der Waals surface area contributed by atoms with E-state index < -0.39 is 0 Å². The molecule has 0 aromatic rings. The molecule has 2 heteroatoms. The van der Waals surface area contributed by atoms with E-state index in [4.69, 9.17) is 5.73 Å². The number of allylic oxidation sites excluding steroid dienone is 2. The van der Waals surface area contributed by atoms with Crippen LogP contribution in [0.2, 0.25) is 0 Å². The van der Waals surface area contributed by atoms with Crippen molar-refractivity contribution in [2.75, 3.05) is 0 Å². The summed E-state index contributed by atoms with van der Waals surface area (Å²) in [5, 5.41) is 0. The third-order valence-corrected chi connectivity index (χ3v) is 0.882. The Kier molecular flexibility index (Phi) is 10.3. The van der Waals surface area contributed by atoms with E-state index in [2.05, 4.69) is 11.6 Å². The molecule has 0 aromatic heterocycles. The zero-order valence-corrected chi connectivity index (χ0v) is 7.89. The van der Waals surface area contributed by atoms with Gasteiger partial charge in [-0.1, -0.05) is 26.5 Å². The quantitative estimate of drug-likeness (QED) is 0.613. The molecule has 0 aliphatic rings. The lowest BCUT2D eigenvalue weighted by atomic mass is 10.3. The maximum Gasteiger partial charge on any atom is 0.0595 e. The van der Waals surface area contributed by atoms with E-state index in [1.54, 1.807) is 6.20 Å². The molecule has 0 saturated carbocycles. The summed E-state index contributed by atoms with van der Waals surface area (Å²) < 4.78 is 0. The fourth-order valence-electron chi connectivity index (χ4n) is 0.269. The van der Waals surface area contributed by atoms with Crippen molar-refractivity contribution < 1.29 is 1.43 Å². The number of aliphatic imine (C=N–C) groups is 1. The molecular weight excluding hydrogens is 136 g/mol. The molecule has 0 atom stereocenters. The molecular formula is C9H20N2. The zero-order valence-electron chi connectivity index (χ0n) is 7.89. The normalized spacial score (nSPS) is 10.7. The Balaban J connectivity index is -0.000000249. The minimum absolute atomic E-state index is 0. The molecule has 11 heavy (non-hydrogen) atoms. The van der Waals surface area contributed by atoms with Crippen molar-refractivity contribution >= 4 is 5.71 Å². The highest BCUT2D eigenvalue weighted by molar-refractivity contribution is 5.97. The van der Waals surface area contributed by atoms with Gasteiger partial charge in [-0.15, -0.1) is 0 Å². The summed E-state index contributed by atoms with van der Waals surface area (Å²) in [5.74, 6) is 0. The van der Waals surface area contributed by atoms with Gasteiger partial charge < -0.3 is 5.73 Å². The van der Waals surface area contributed by atoms with Crippen LogP contribution in [0.5, 0.6) is 0 Å². The molecule has 2 N–H and O–H groups in total. The average molecular weight is 156 g/mol. The Morgan fingerprint density at radius 3 is 2.27 bits per heavy atom. The molecule has 66 valence electrons. The van der Waals surface area contributed by atoms with Crippen LogP contribution in [-0.2, 0) is 0 Å². The Morgan fingerprint density at radius 1 is 1.55 bits per heavy atom. The van der Waals surface area contributed by atoms with Crippen LogP contribution in [0, 0.1) is 0 Å². The average Bonchev–Trinajstić information content (AvgIpc) is 2.03. The van der Waals surface area contributed by atoms with Crippen molar-refractivity contribution in [1.82, 2.24) is 0 Å². The minimum atomic E-state index is 0. The van der Waals surface area contributed by atoms with E-state index in [1.165, 1.54) is 0 Å². The first-order chi connectivity index (χ1) is 5.18. The Labute approximate surface area is 71.0 Å². The van der Waals surface area contributed by atoms with Crippen LogP contribution < -0.4 is 5.73 Å². The topological polar surface area (TPSA) is 38.4 Å². The van der Waals surface area contributed by atoms with Crippen LogP contribution in [0.3, 0.4) is 0 Å². The van der Waals surface area contributed by atoms with Gasteiger partial charge in [0.1, 0.15) is 0 Å². The van der Waals surface area contributed by atoms with Crippen LogP contribution in [0.4, 0.5) is 0 Å². The van der Waals surface area contributed by atoms with E-state index in [-0.39, 0.29) is 1.43 Å². The van der Waals surface area contributed by atoms with Crippen molar-refractivity contribution in [3.63, 3.8) is 0 Å². The van der Waals surface area contributed by atoms with Crippen LogP contribution in [0.25, 0.3) is 0 Å². The molecule has 0 aliphatic carbocycles. The van der Waals surface area contributed by atoms with Gasteiger partial charge in [0.05, 0.1) is 5.71 Å². The predicted octanol–water partition coefficient (Wildman–Crippen LogP) is 2.73. The first-order valence-electron chi connectivity index (χ1n) is 3.78. The first-order valence-corrected chi connectivity index (χ1v) is 3.78. The van der Waals surface area contributed by atoms with Crippen LogP contribution >= 0.6 is 0 Å². The molecule has 0 fully saturated rings. The fraction of sp³-hybridized carbons (Fsp3) is 0.444. The highest BCUT2D eigenvalue weighted by Crippen LogP contribution is 1.85. The van der Waals surface area contributed by atoms with E-state index >= 15 is 0 Å². The smallest absolute Gasteiger partial charge is 0.0595 e. The van der Waals surface area contributed by atoms with Gasteiger partial charge in [-0.25, -0.2) is 0 Å². The number of rotatable bonds is 2. The lowest BCUT2D eigenvalue weighted by Gasteiger charge is -1.92. The highest BCUT2D eigenvalue weighted by Gasteiger charge is 1.85. The van der Waals surface area contributed by atoms with Gasteiger partial charge in [-0.3, -0.25) is 4.99 Å². The van der Waals surface area contributed by atoms with Gasteiger partial charge in [-0.2, -0.15) is 0 Å². The van der Waals surface area contributed by atoms with Gasteiger partial charge in [0.15, 0.2) is 0 Å². The lowest BCUT2D eigenvalue weighted by Crippen LogP contribution is -2.04.